The smallest absolute Gasteiger partial charge is 0.160 e. The number of ketones is 1. The number of phenols is 1. The van der Waals surface area contributed by atoms with Crippen molar-refractivity contribution in [2.45, 2.75) is 26.2 Å². The summed E-state index contributed by atoms with van der Waals surface area (Å²) in [6.45, 7) is 5.25. The highest BCUT2D eigenvalue weighted by atomic mass is 16.5. The summed E-state index contributed by atoms with van der Waals surface area (Å²) in [4.78, 5) is 11.4. The molecular formula is C12H16O3. The van der Waals surface area contributed by atoms with Crippen molar-refractivity contribution < 1.29 is 14.6 Å². The summed E-state index contributed by atoms with van der Waals surface area (Å²) in [5.41, 5.74) is 0.283. The van der Waals surface area contributed by atoms with E-state index in [1.807, 2.05) is 13.8 Å². The Balaban J connectivity index is 3.22. The van der Waals surface area contributed by atoms with Crippen molar-refractivity contribution in [3.05, 3.63) is 23.8 Å². The van der Waals surface area contributed by atoms with Crippen molar-refractivity contribution in [1.29, 1.82) is 0 Å². The Hall–Kier alpha value is -1.51. The van der Waals surface area contributed by atoms with Crippen molar-refractivity contribution >= 4 is 5.78 Å². The van der Waals surface area contributed by atoms with E-state index in [-0.39, 0.29) is 11.5 Å². The highest BCUT2D eigenvalue weighted by molar-refractivity contribution is 5.87. The van der Waals surface area contributed by atoms with Gasteiger partial charge in [0.15, 0.2) is 11.5 Å². The van der Waals surface area contributed by atoms with Crippen LogP contribution in [0.2, 0.25) is 0 Å². The molecule has 3 heteroatoms. The van der Waals surface area contributed by atoms with E-state index >= 15 is 0 Å². The van der Waals surface area contributed by atoms with Gasteiger partial charge in [0.25, 0.3) is 0 Å². The van der Waals surface area contributed by atoms with Crippen LogP contribution >= 0.6 is 0 Å². The molecule has 0 unspecified atom stereocenters. The predicted octanol–water partition coefficient (Wildman–Crippen LogP) is 2.27. The summed E-state index contributed by atoms with van der Waals surface area (Å²) >= 11 is 0. The molecule has 1 rings (SSSR count). The van der Waals surface area contributed by atoms with Crippen LogP contribution in [0.4, 0.5) is 0 Å². The number of hydrogen-bond donors (Lipinski definition) is 1. The van der Waals surface area contributed by atoms with E-state index < -0.39 is 5.41 Å². The first-order valence-electron chi connectivity index (χ1n) is 4.78. The Morgan fingerprint density at radius 1 is 1.40 bits per heavy atom. The number of benzene rings is 1. The molecule has 0 atom stereocenters. The van der Waals surface area contributed by atoms with Gasteiger partial charge in [0.05, 0.1) is 7.11 Å². The SMILES string of the molecule is COc1cc(C(C)(C)C(C)=O)ccc1O. The zero-order valence-electron chi connectivity index (χ0n) is 9.50. The number of phenolic OH excluding ortho intramolecular Hbond substituents is 1. The van der Waals surface area contributed by atoms with Gasteiger partial charge in [0.1, 0.15) is 5.78 Å². The van der Waals surface area contributed by atoms with E-state index in [9.17, 15) is 9.90 Å². The van der Waals surface area contributed by atoms with Gasteiger partial charge in [-0.15, -0.1) is 0 Å². The van der Waals surface area contributed by atoms with Crippen molar-refractivity contribution in [2.24, 2.45) is 0 Å². The lowest BCUT2D eigenvalue weighted by Gasteiger charge is -2.22. The molecule has 0 bridgehead atoms. The molecule has 15 heavy (non-hydrogen) atoms. The second-order valence-corrected chi connectivity index (χ2v) is 4.07. The van der Waals surface area contributed by atoms with Crippen LogP contribution < -0.4 is 4.74 Å². The van der Waals surface area contributed by atoms with Gasteiger partial charge in [-0.05, 0) is 38.5 Å². The lowest BCUT2D eigenvalue weighted by molar-refractivity contribution is -0.121. The molecule has 0 fully saturated rings. The predicted molar refractivity (Wildman–Crippen MR) is 58.4 cm³/mol. The van der Waals surface area contributed by atoms with Crippen LogP contribution in [-0.4, -0.2) is 18.0 Å². The lowest BCUT2D eigenvalue weighted by atomic mass is 9.81. The number of methoxy groups -OCH3 is 1. The minimum Gasteiger partial charge on any atom is -0.504 e. The van der Waals surface area contributed by atoms with Gasteiger partial charge < -0.3 is 9.84 Å². The van der Waals surface area contributed by atoms with Crippen LogP contribution in [-0.2, 0) is 10.2 Å². The topological polar surface area (TPSA) is 46.5 Å². The third kappa shape index (κ3) is 2.12. The fraction of sp³-hybridized carbons (Fsp3) is 0.417. The maximum atomic E-state index is 11.4. The first-order valence-corrected chi connectivity index (χ1v) is 4.78. The molecular weight excluding hydrogens is 192 g/mol. The molecule has 0 aliphatic carbocycles. The molecule has 0 aliphatic heterocycles. The van der Waals surface area contributed by atoms with Crippen LogP contribution in [0.3, 0.4) is 0 Å². The number of ether oxygens (including phenoxy) is 1. The zero-order chi connectivity index (χ0) is 11.6. The highest BCUT2D eigenvalue weighted by Gasteiger charge is 2.26. The molecule has 0 saturated carbocycles. The molecule has 0 heterocycles. The first kappa shape index (κ1) is 11.6. The second kappa shape index (κ2) is 3.93. The second-order valence-electron chi connectivity index (χ2n) is 4.07. The fourth-order valence-electron chi connectivity index (χ4n) is 1.27. The normalized spacial score (nSPS) is 11.2. The average Bonchev–Trinajstić information content (AvgIpc) is 2.18. The molecule has 0 aromatic heterocycles. The number of carbonyl (C=O) groups excluding carboxylic acids is 1. The quantitative estimate of drug-likeness (QED) is 0.828. The summed E-state index contributed by atoms with van der Waals surface area (Å²) < 4.78 is 5.00. The summed E-state index contributed by atoms with van der Waals surface area (Å²) in [5, 5.41) is 9.43. The highest BCUT2D eigenvalue weighted by Crippen LogP contribution is 2.32. The number of Topliss-reactive ketones (excluding diaryl/α,β-unsaturated/α-hetero) is 1. The van der Waals surface area contributed by atoms with Gasteiger partial charge in [-0.25, -0.2) is 0 Å². The number of rotatable bonds is 3. The van der Waals surface area contributed by atoms with Crippen molar-refractivity contribution in [3.63, 3.8) is 0 Å². The molecule has 82 valence electrons. The maximum Gasteiger partial charge on any atom is 0.160 e. The molecule has 0 aliphatic rings. The van der Waals surface area contributed by atoms with Crippen molar-refractivity contribution in [1.82, 2.24) is 0 Å². The van der Waals surface area contributed by atoms with Crippen molar-refractivity contribution in [2.75, 3.05) is 7.11 Å². The molecule has 0 spiro atoms. The van der Waals surface area contributed by atoms with E-state index in [2.05, 4.69) is 0 Å². The largest absolute Gasteiger partial charge is 0.504 e. The molecule has 0 amide bonds. The maximum absolute atomic E-state index is 11.4. The van der Waals surface area contributed by atoms with Gasteiger partial charge >= 0.3 is 0 Å². The molecule has 1 N–H and O–H groups in total. The molecule has 0 radical (unpaired) electrons. The van der Waals surface area contributed by atoms with Crippen LogP contribution in [0.1, 0.15) is 26.3 Å². The Morgan fingerprint density at radius 3 is 2.47 bits per heavy atom. The van der Waals surface area contributed by atoms with Crippen molar-refractivity contribution in [3.8, 4) is 11.5 Å². The van der Waals surface area contributed by atoms with E-state index in [1.165, 1.54) is 7.11 Å². The fourth-order valence-corrected chi connectivity index (χ4v) is 1.27. The monoisotopic (exact) mass is 208 g/mol. The van der Waals surface area contributed by atoms with Gasteiger partial charge in [-0.1, -0.05) is 6.07 Å². The third-order valence-electron chi connectivity index (χ3n) is 2.78. The van der Waals surface area contributed by atoms with Crippen LogP contribution in [0.15, 0.2) is 18.2 Å². The zero-order valence-corrected chi connectivity index (χ0v) is 9.50. The average molecular weight is 208 g/mol. The van der Waals surface area contributed by atoms with E-state index in [1.54, 1.807) is 25.1 Å². The standard InChI is InChI=1S/C12H16O3/c1-8(13)12(2,3)9-5-6-10(14)11(7-9)15-4/h5-7,14H,1-4H3. The summed E-state index contributed by atoms with van der Waals surface area (Å²) in [6, 6.07) is 4.97. The van der Waals surface area contributed by atoms with Gasteiger partial charge in [-0.3, -0.25) is 4.79 Å². The van der Waals surface area contributed by atoms with E-state index in [4.69, 9.17) is 4.74 Å². The number of hydrogen-bond acceptors (Lipinski definition) is 3. The Kier molecular flexibility index (Phi) is 3.03. The Labute approximate surface area is 89.7 Å². The van der Waals surface area contributed by atoms with Gasteiger partial charge in [-0.2, -0.15) is 0 Å². The van der Waals surface area contributed by atoms with E-state index in [0.717, 1.165) is 5.56 Å². The third-order valence-corrected chi connectivity index (χ3v) is 2.78. The van der Waals surface area contributed by atoms with E-state index in [0.29, 0.717) is 5.75 Å². The molecule has 3 nitrogen and oxygen atoms in total. The Bertz CT molecular complexity index is 380. The molecule has 0 saturated heterocycles. The summed E-state index contributed by atoms with van der Waals surface area (Å²) in [5.74, 6) is 0.553. The van der Waals surface area contributed by atoms with Gasteiger partial charge in [0.2, 0.25) is 0 Å². The number of aromatic hydroxyl groups is 1. The summed E-state index contributed by atoms with van der Waals surface area (Å²) in [7, 11) is 1.49. The van der Waals surface area contributed by atoms with Crippen LogP contribution in [0.5, 0.6) is 11.5 Å². The van der Waals surface area contributed by atoms with Gasteiger partial charge in [0, 0.05) is 5.41 Å². The minimum atomic E-state index is -0.555. The lowest BCUT2D eigenvalue weighted by Crippen LogP contribution is -2.26. The van der Waals surface area contributed by atoms with Crippen LogP contribution in [0, 0.1) is 0 Å². The van der Waals surface area contributed by atoms with Crippen LogP contribution in [0.25, 0.3) is 0 Å². The summed E-state index contributed by atoms with van der Waals surface area (Å²) in [6.07, 6.45) is 0. The molecule has 1 aromatic rings. The first-order chi connectivity index (χ1) is 6.89. The Morgan fingerprint density at radius 2 is 2.00 bits per heavy atom. The molecule has 1 aromatic carbocycles. The number of carbonyl (C=O) groups is 1. The minimum absolute atomic E-state index is 0.0789.